The van der Waals surface area contributed by atoms with Gasteiger partial charge in [-0.15, -0.1) is 0 Å². The minimum Gasteiger partial charge on any atom is -0.396 e. The number of benzene rings is 2. The van der Waals surface area contributed by atoms with Crippen molar-refractivity contribution < 1.29 is 9.90 Å². The van der Waals surface area contributed by atoms with Gasteiger partial charge in [-0.2, -0.15) is 0 Å². The first-order valence-corrected chi connectivity index (χ1v) is 12.7. The molecule has 1 amide bonds. The molecule has 1 fully saturated rings. The van der Waals surface area contributed by atoms with Crippen molar-refractivity contribution >= 4 is 17.5 Å². The summed E-state index contributed by atoms with van der Waals surface area (Å²) in [7, 11) is 3.90. The molecule has 33 heavy (non-hydrogen) atoms. The number of hydrogen-bond acceptors (Lipinski definition) is 3. The number of nitrogens with zero attached hydrogens (tertiary/aromatic N) is 1. The molecule has 2 aromatic rings. The summed E-state index contributed by atoms with van der Waals surface area (Å²) in [4.78, 5) is 14.6. The van der Waals surface area contributed by atoms with Crippen molar-refractivity contribution in [2.45, 2.75) is 70.3 Å². The first-order valence-electron chi connectivity index (χ1n) is 12.4. The molecule has 1 aliphatic carbocycles. The Balaban J connectivity index is 0.000000479. The van der Waals surface area contributed by atoms with E-state index in [1.165, 1.54) is 36.9 Å². The van der Waals surface area contributed by atoms with E-state index in [1.54, 1.807) is 24.3 Å². The Morgan fingerprint density at radius 3 is 2.21 bits per heavy atom. The molecule has 1 aliphatic rings. The molecule has 4 nitrogen and oxygen atoms in total. The van der Waals surface area contributed by atoms with E-state index in [4.69, 9.17) is 16.7 Å². The Kier molecular flexibility index (Phi) is 12.5. The number of aliphatic hydroxyl groups is 1. The van der Waals surface area contributed by atoms with Gasteiger partial charge in [0.1, 0.15) is 0 Å². The van der Waals surface area contributed by atoms with Gasteiger partial charge < -0.3 is 15.3 Å². The van der Waals surface area contributed by atoms with Crippen molar-refractivity contribution in [3.8, 4) is 0 Å². The fraction of sp³-hybridized carbons (Fsp3) is 0.536. The van der Waals surface area contributed by atoms with Gasteiger partial charge in [-0.05, 0) is 93.4 Å². The van der Waals surface area contributed by atoms with E-state index < -0.39 is 0 Å². The third kappa shape index (κ3) is 9.11. The lowest BCUT2D eigenvalue weighted by Gasteiger charge is -2.35. The van der Waals surface area contributed by atoms with Gasteiger partial charge in [0.25, 0.3) is 5.91 Å². The third-order valence-corrected chi connectivity index (χ3v) is 6.79. The van der Waals surface area contributed by atoms with Crippen LogP contribution in [-0.4, -0.2) is 49.2 Å². The molecule has 0 unspecified atom stereocenters. The first-order chi connectivity index (χ1) is 16.0. The zero-order chi connectivity index (χ0) is 24.1. The van der Waals surface area contributed by atoms with Crippen LogP contribution in [0.1, 0.15) is 79.3 Å². The fourth-order valence-electron chi connectivity index (χ4n) is 4.40. The normalized spacial score (nSPS) is 17.7. The van der Waals surface area contributed by atoms with Crippen LogP contribution in [0, 0.1) is 0 Å². The molecular formula is C28H41ClN2O2. The van der Waals surface area contributed by atoms with Crippen LogP contribution in [0.3, 0.4) is 0 Å². The number of amides is 1. The highest BCUT2D eigenvalue weighted by molar-refractivity contribution is 6.30. The summed E-state index contributed by atoms with van der Waals surface area (Å²) in [5.41, 5.74) is 3.24. The highest BCUT2D eigenvalue weighted by atomic mass is 35.5. The van der Waals surface area contributed by atoms with Gasteiger partial charge in [0, 0.05) is 30.3 Å². The lowest BCUT2D eigenvalue weighted by molar-refractivity contribution is 0.0689. The zero-order valence-corrected chi connectivity index (χ0v) is 21.3. The molecule has 0 aliphatic heterocycles. The predicted molar refractivity (Wildman–Crippen MR) is 139 cm³/mol. The lowest BCUT2D eigenvalue weighted by Crippen LogP contribution is -2.39. The summed E-state index contributed by atoms with van der Waals surface area (Å²) in [6, 6.07) is 16.0. The van der Waals surface area contributed by atoms with Gasteiger partial charge >= 0.3 is 0 Å². The second kappa shape index (κ2) is 15.1. The van der Waals surface area contributed by atoms with Gasteiger partial charge in [-0.1, -0.05) is 55.6 Å². The summed E-state index contributed by atoms with van der Waals surface area (Å²) in [6.07, 6.45) is 8.97. The number of halogens is 1. The van der Waals surface area contributed by atoms with Gasteiger partial charge in [0.15, 0.2) is 0 Å². The van der Waals surface area contributed by atoms with Crippen molar-refractivity contribution in [1.82, 2.24) is 10.2 Å². The molecule has 2 N–H and O–H groups in total. The molecule has 0 bridgehead atoms. The number of unbranched alkanes of at least 4 members (excludes halogenated alkanes) is 2. The van der Waals surface area contributed by atoms with Crippen molar-refractivity contribution in [3.63, 3.8) is 0 Å². The maximum atomic E-state index is 12.7. The molecule has 0 atom stereocenters. The number of nitrogens with one attached hydrogen (secondary N) is 1. The van der Waals surface area contributed by atoms with E-state index >= 15 is 0 Å². The highest BCUT2D eigenvalue weighted by Crippen LogP contribution is 2.35. The van der Waals surface area contributed by atoms with E-state index in [1.807, 2.05) is 19.0 Å². The lowest BCUT2D eigenvalue weighted by atomic mass is 9.81. The van der Waals surface area contributed by atoms with Gasteiger partial charge in [-0.3, -0.25) is 4.79 Å². The largest absolute Gasteiger partial charge is 0.396 e. The van der Waals surface area contributed by atoms with Crippen LogP contribution in [0.5, 0.6) is 0 Å². The maximum Gasteiger partial charge on any atom is 0.253 e. The molecule has 5 heteroatoms. The Morgan fingerprint density at radius 1 is 1.03 bits per heavy atom. The predicted octanol–water partition coefficient (Wildman–Crippen LogP) is 6.07. The molecule has 0 spiro atoms. The van der Waals surface area contributed by atoms with Crippen molar-refractivity contribution in [3.05, 3.63) is 70.2 Å². The fourth-order valence-corrected chi connectivity index (χ4v) is 4.52. The third-order valence-electron chi connectivity index (χ3n) is 6.54. The molecular weight excluding hydrogens is 432 g/mol. The smallest absolute Gasteiger partial charge is 0.253 e. The maximum absolute atomic E-state index is 12.7. The zero-order valence-electron chi connectivity index (χ0n) is 20.5. The van der Waals surface area contributed by atoms with Crippen LogP contribution in [0.15, 0.2) is 48.5 Å². The van der Waals surface area contributed by atoms with Crippen LogP contribution in [0.2, 0.25) is 5.02 Å². The second-order valence-electron chi connectivity index (χ2n) is 8.95. The second-order valence-corrected chi connectivity index (χ2v) is 9.39. The number of rotatable bonds is 9. The van der Waals surface area contributed by atoms with Crippen molar-refractivity contribution in [2.24, 2.45) is 0 Å². The SMILES string of the molecule is CCCCCNC.CN(C(=O)c1ccc(Cl)cc1)C1CCC(c2ccc(CCO)cc2)CC1. The first kappa shape index (κ1) is 27.4. The summed E-state index contributed by atoms with van der Waals surface area (Å²) >= 11 is 5.91. The van der Waals surface area contributed by atoms with E-state index in [9.17, 15) is 4.79 Å². The van der Waals surface area contributed by atoms with E-state index in [0.29, 0.717) is 29.0 Å². The van der Waals surface area contributed by atoms with Crippen LogP contribution in [0.25, 0.3) is 0 Å². The quantitative estimate of drug-likeness (QED) is 0.435. The Hall–Kier alpha value is -1.88. The van der Waals surface area contributed by atoms with Gasteiger partial charge in [0.05, 0.1) is 0 Å². The van der Waals surface area contributed by atoms with Crippen molar-refractivity contribution in [2.75, 3.05) is 27.2 Å². The minimum absolute atomic E-state index is 0.0680. The number of carbonyl (C=O) groups is 1. The van der Waals surface area contributed by atoms with Crippen LogP contribution in [-0.2, 0) is 6.42 Å². The summed E-state index contributed by atoms with van der Waals surface area (Å²) in [6.45, 7) is 3.59. The average molecular weight is 473 g/mol. The van der Waals surface area contributed by atoms with E-state index in [2.05, 4.69) is 36.5 Å². The number of carbonyl (C=O) groups excluding carboxylic acids is 1. The Morgan fingerprint density at radius 2 is 1.67 bits per heavy atom. The molecule has 182 valence electrons. The molecule has 1 saturated carbocycles. The highest BCUT2D eigenvalue weighted by Gasteiger charge is 2.27. The van der Waals surface area contributed by atoms with Crippen LogP contribution in [0.4, 0.5) is 0 Å². The summed E-state index contributed by atoms with van der Waals surface area (Å²) < 4.78 is 0. The number of hydrogen-bond donors (Lipinski definition) is 2. The molecule has 0 heterocycles. The van der Waals surface area contributed by atoms with Crippen molar-refractivity contribution in [1.29, 1.82) is 0 Å². The molecule has 0 aromatic heterocycles. The minimum atomic E-state index is 0.0680. The Bertz CT molecular complexity index is 796. The standard InChI is InChI=1S/C22H26ClNO2.C6H15N/c1-24(22(26)19-6-10-20(23)11-7-19)21-12-8-18(9-13-21)17-4-2-16(3-5-17)14-15-25;1-3-4-5-6-7-2/h2-7,10-11,18,21,25H,8-9,12-15H2,1H3;7H,3-6H2,1-2H3. The van der Waals surface area contributed by atoms with Gasteiger partial charge in [0.2, 0.25) is 0 Å². The monoisotopic (exact) mass is 472 g/mol. The molecule has 2 aromatic carbocycles. The summed E-state index contributed by atoms with van der Waals surface area (Å²) in [5.74, 6) is 0.631. The van der Waals surface area contributed by atoms with Crippen LogP contribution < -0.4 is 5.32 Å². The number of aliphatic hydroxyl groups excluding tert-OH is 1. The van der Waals surface area contributed by atoms with E-state index in [-0.39, 0.29) is 12.5 Å². The topological polar surface area (TPSA) is 52.6 Å². The molecule has 0 radical (unpaired) electrons. The van der Waals surface area contributed by atoms with E-state index in [0.717, 1.165) is 25.7 Å². The molecule has 3 rings (SSSR count). The Labute approximate surface area is 205 Å². The average Bonchev–Trinajstić information content (AvgIpc) is 2.85. The summed E-state index contributed by atoms with van der Waals surface area (Å²) in [5, 5.41) is 12.8. The molecule has 0 saturated heterocycles. The van der Waals surface area contributed by atoms with Gasteiger partial charge in [-0.25, -0.2) is 0 Å². The van der Waals surface area contributed by atoms with Crippen LogP contribution >= 0.6 is 11.6 Å².